The lowest BCUT2D eigenvalue weighted by Crippen LogP contribution is -2.10. The fraction of sp³-hybridized carbons (Fsp3) is 0.500. The third-order valence-corrected chi connectivity index (χ3v) is 0.898. The zero-order valence-corrected chi connectivity index (χ0v) is 5.02. The second kappa shape index (κ2) is 2.56. The first-order valence-corrected chi connectivity index (χ1v) is 2.40. The molecule has 0 saturated heterocycles. The fourth-order valence-electron chi connectivity index (χ4n) is 0.211. The molecule has 0 unspecified atom stereocenters. The number of rotatable bonds is 2. The molecule has 0 aromatic rings. The van der Waals surface area contributed by atoms with Gasteiger partial charge in [-0.15, -0.1) is 0 Å². The number of hydrogen-bond acceptors (Lipinski definition) is 0. The molecule has 1 nitrogen and oxygen atoms in total. The molecule has 0 N–H and O–H groups in total. The van der Waals surface area contributed by atoms with Gasteiger partial charge in [0.05, 0.1) is 0 Å². The molecule has 0 rings (SSSR count). The van der Waals surface area contributed by atoms with Gasteiger partial charge in [0.2, 0.25) is 0 Å². The van der Waals surface area contributed by atoms with E-state index in [1.165, 1.54) is 0 Å². The van der Waals surface area contributed by atoms with Crippen LogP contribution in [0.4, 0.5) is 0 Å². The molecule has 7 heavy (non-hydrogen) atoms. The van der Waals surface area contributed by atoms with Gasteiger partial charge in [-0.2, -0.15) is 0 Å². The van der Waals surface area contributed by atoms with Gasteiger partial charge in [-0.05, 0) is 20.4 Å². The van der Waals surface area contributed by atoms with E-state index in [0.29, 0.717) is 6.04 Å². The van der Waals surface area contributed by atoms with Gasteiger partial charge in [-0.3, -0.25) is 0 Å². The lowest BCUT2D eigenvalue weighted by molar-refractivity contribution is -0.482. The van der Waals surface area contributed by atoms with Gasteiger partial charge >= 0.3 is 0 Å². The Morgan fingerprint density at radius 3 is 2.00 bits per heavy atom. The largest absolute Gasteiger partial charge is 0.210 e. The van der Waals surface area contributed by atoms with Crippen molar-refractivity contribution in [1.82, 2.24) is 0 Å². The van der Waals surface area contributed by atoms with Crippen molar-refractivity contribution in [1.29, 1.82) is 0 Å². The van der Waals surface area contributed by atoms with Crippen molar-refractivity contribution in [3.05, 3.63) is 12.8 Å². The summed E-state index contributed by atoms with van der Waals surface area (Å²) in [5.41, 5.74) is 0. The fourth-order valence-corrected chi connectivity index (χ4v) is 0.211. The molecule has 0 fully saturated rings. The lowest BCUT2D eigenvalue weighted by atomic mass is 10.4. The maximum absolute atomic E-state index is 3.67. The molecule has 0 atom stereocenters. The molecule has 0 aromatic carbocycles. The van der Waals surface area contributed by atoms with E-state index in [1.807, 2.05) is 0 Å². The first kappa shape index (κ1) is 6.41. The Morgan fingerprint density at radius 2 is 2.00 bits per heavy atom. The SMILES string of the molecule is C=C[N+](=C)C(C)C. The van der Waals surface area contributed by atoms with Gasteiger partial charge in [0.25, 0.3) is 0 Å². The summed E-state index contributed by atoms with van der Waals surface area (Å²) >= 11 is 0. The number of hydrogen-bond donors (Lipinski definition) is 0. The summed E-state index contributed by atoms with van der Waals surface area (Å²) in [7, 11) is 0. The molecule has 0 aliphatic heterocycles. The molecular formula is C6H12N+. The van der Waals surface area contributed by atoms with Crippen molar-refractivity contribution in [3.63, 3.8) is 0 Å². The quantitative estimate of drug-likeness (QED) is 0.361. The zero-order valence-electron chi connectivity index (χ0n) is 5.02. The van der Waals surface area contributed by atoms with Crippen LogP contribution in [0.15, 0.2) is 12.8 Å². The van der Waals surface area contributed by atoms with E-state index in [9.17, 15) is 0 Å². The molecule has 0 bridgehead atoms. The Morgan fingerprint density at radius 1 is 1.57 bits per heavy atom. The Labute approximate surface area is 45.0 Å². The highest BCUT2D eigenvalue weighted by Gasteiger charge is 1.97. The van der Waals surface area contributed by atoms with Gasteiger partial charge < -0.3 is 0 Å². The van der Waals surface area contributed by atoms with Crippen molar-refractivity contribution >= 4 is 6.72 Å². The number of nitrogens with zero attached hydrogens (tertiary/aromatic N) is 1. The van der Waals surface area contributed by atoms with Crippen LogP contribution in [-0.2, 0) is 0 Å². The topological polar surface area (TPSA) is 3.01 Å². The maximum Gasteiger partial charge on any atom is 0.161 e. The van der Waals surface area contributed by atoms with E-state index in [-0.39, 0.29) is 0 Å². The van der Waals surface area contributed by atoms with Gasteiger partial charge in [0.15, 0.2) is 12.2 Å². The Balaban J connectivity index is 3.56. The first-order chi connectivity index (χ1) is 3.18. The van der Waals surface area contributed by atoms with E-state index in [0.717, 1.165) is 0 Å². The van der Waals surface area contributed by atoms with E-state index >= 15 is 0 Å². The average molecular weight is 98.2 g/mol. The molecule has 0 amide bonds. The van der Waals surface area contributed by atoms with Gasteiger partial charge in [0, 0.05) is 0 Å². The van der Waals surface area contributed by atoms with Crippen molar-refractivity contribution in [3.8, 4) is 0 Å². The summed E-state index contributed by atoms with van der Waals surface area (Å²) in [4.78, 5) is 0. The highest BCUT2D eigenvalue weighted by atomic mass is 15.0. The van der Waals surface area contributed by atoms with E-state index < -0.39 is 0 Å². The summed E-state index contributed by atoms with van der Waals surface area (Å²) in [5, 5.41) is 0. The molecule has 0 saturated carbocycles. The minimum absolute atomic E-state index is 0.470. The predicted octanol–water partition coefficient (Wildman–Crippen LogP) is 1.25. The minimum Gasteiger partial charge on any atom is -0.210 e. The van der Waals surface area contributed by atoms with Gasteiger partial charge in [-0.25, -0.2) is 4.58 Å². The van der Waals surface area contributed by atoms with Crippen LogP contribution >= 0.6 is 0 Å². The minimum atomic E-state index is 0.470. The highest BCUT2D eigenvalue weighted by Crippen LogP contribution is 1.83. The molecule has 0 aliphatic carbocycles. The van der Waals surface area contributed by atoms with Crippen LogP contribution in [0.3, 0.4) is 0 Å². The average Bonchev–Trinajstić information content (AvgIpc) is 1.65. The Kier molecular flexibility index (Phi) is 2.34. The smallest absolute Gasteiger partial charge is 0.161 e. The molecular weight excluding hydrogens is 86.1 g/mol. The summed E-state index contributed by atoms with van der Waals surface area (Å²) in [6.07, 6.45) is 1.71. The van der Waals surface area contributed by atoms with Crippen LogP contribution in [0.5, 0.6) is 0 Å². The second-order valence-electron chi connectivity index (χ2n) is 1.79. The summed E-state index contributed by atoms with van der Waals surface area (Å²) < 4.78 is 1.81. The van der Waals surface area contributed by atoms with Crippen molar-refractivity contribution in [2.45, 2.75) is 19.9 Å². The van der Waals surface area contributed by atoms with Crippen molar-refractivity contribution in [2.24, 2.45) is 0 Å². The van der Waals surface area contributed by atoms with Crippen LogP contribution in [0, 0.1) is 0 Å². The highest BCUT2D eigenvalue weighted by molar-refractivity contribution is 5.15. The summed E-state index contributed by atoms with van der Waals surface area (Å²) in [5.74, 6) is 0. The van der Waals surface area contributed by atoms with Gasteiger partial charge in [0.1, 0.15) is 6.72 Å². The third-order valence-electron chi connectivity index (χ3n) is 0.898. The van der Waals surface area contributed by atoms with Crippen LogP contribution < -0.4 is 0 Å². The van der Waals surface area contributed by atoms with Crippen LogP contribution in [0.1, 0.15) is 13.8 Å². The summed E-state index contributed by atoms with van der Waals surface area (Å²) in [6.45, 7) is 11.3. The van der Waals surface area contributed by atoms with Crippen molar-refractivity contribution in [2.75, 3.05) is 0 Å². The van der Waals surface area contributed by atoms with E-state index in [2.05, 4.69) is 27.1 Å². The predicted molar refractivity (Wildman–Crippen MR) is 32.7 cm³/mol. The second-order valence-corrected chi connectivity index (χ2v) is 1.79. The Hall–Kier alpha value is -0.590. The molecule has 0 radical (unpaired) electrons. The van der Waals surface area contributed by atoms with Crippen molar-refractivity contribution < 1.29 is 4.58 Å². The zero-order chi connectivity index (χ0) is 5.86. The standard InChI is InChI=1S/C6H12N/c1-5-7(4)6(2)3/h5-6H,1,4H2,2-3H3/q+1. The van der Waals surface area contributed by atoms with E-state index in [4.69, 9.17) is 0 Å². The normalized spacial score (nSPS) is 9.00. The summed E-state index contributed by atoms with van der Waals surface area (Å²) in [6, 6.07) is 0.470. The van der Waals surface area contributed by atoms with Crippen LogP contribution in [0.25, 0.3) is 0 Å². The van der Waals surface area contributed by atoms with E-state index in [1.54, 1.807) is 10.8 Å². The van der Waals surface area contributed by atoms with Crippen LogP contribution in [0.2, 0.25) is 0 Å². The molecule has 0 aliphatic rings. The third kappa shape index (κ3) is 2.15. The maximum atomic E-state index is 3.67. The molecule has 0 heterocycles. The molecule has 0 aromatic heterocycles. The van der Waals surface area contributed by atoms with Gasteiger partial charge in [-0.1, -0.05) is 0 Å². The molecule has 40 valence electrons. The van der Waals surface area contributed by atoms with Crippen LogP contribution in [-0.4, -0.2) is 17.3 Å². The molecule has 0 spiro atoms. The first-order valence-electron chi connectivity index (χ1n) is 2.40. The monoisotopic (exact) mass is 98.1 g/mol. The molecule has 1 heteroatoms. The lowest BCUT2D eigenvalue weighted by Gasteiger charge is -1.94. The Bertz CT molecular complexity index is 82.2.